The van der Waals surface area contributed by atoms with E-state index in [1.807, 2.05) is 26.0 Å². The summed E-state index contributed by atoms with van der Waals surface area (Å²) in [4.78, 5) is 11.9. The van der Waals surface area contributed by atoms with Crippen LogP contribution in [0.3, 0.4) is 0 Å². The van der Waals surface area contributed by atoms with Crippen molar-refractivity contribution >= 4 is 21.6 Å². The summed E-state index contributed by atoms with van der Waals surface area (Å²) in [7, 11) is -3.76. The molecule has 2 aromatic carbocycles. The van der Waals surface area contributed by atoms with Gasteiger partial charge in [-0.05, 0) is 56.7 Å². The van der Waals surface area contributed by atoms with Gasteiger partial charge in [0.2, 0.25) is 15.9 Å². The zero-order valence-corrected chi connectivity index (χ0v) is 17.4. The molecule has 29 heavy (non-hydrogen) atoms. The van der Waals surface area contributed by atoms with Crippen LogP contribution in [0.4, 0.5) is 5.69 Å². The number of carbonyl (C=O) groups excluding carboxylic acids is 1. The summed E-state index contributed by atoms with van der Waals surface area (Å²) in [6.45, 7) is 6.20. The maximum absolute atomic E-state index is 12.9. The van der Waals surface area contributed by atoms with Crippen LogP contribution < -0.4 is 19.5 Å². The van der Waals surface area contributed by atoms with Crippen LogP contribution >= 0.6 is 0 Å². The van der Waals surface area contributed by atoms with E-state index in [0.29, 0.717) is 23.6 Å². The lowest BCUT2D eigenvalue weighted by atomic mass is 10.0. The number of carbonyl (C=O) groups is 1. The second-order valence-corrected chi connectivity index (χ2v) is 9.18. The Balaban J connectivity index is 1.58. The van der Waals surface area contributed by atoms with Gasteiger partial charge in [-0.3, -0.25) is 4.79 Å². The lowest BCUT2D eigenvalue weighted by Crippen LogP contribution is -2.23. The Kier molecular flexibility index (Phi) is 5.00. The molecule has 0 unspecified atom stereocenters. The first-order valence-electron chi connectivity index (χ1n) is 9.68. The van der Waals surface area contributed by atoms with Crippen molar-refractivity contribution in [2.45, 2.75) is 50.7 Å². The van der Waals surface area contributed by atoms with Gasteiger partial charge in [0.25, 0.3) is 0 Å². The molecule has 2 heterocycles. The monoisotopic (exact) mass is 416 g/mol. The molecule has 2 N–H and O–H groups in total. The Morgan fingerprint density at radius 3 is 2.79 bits per heavy atom. The van der Waals surface area contributed by atoms with Crippen LogP contribution in [0, 0.1) is 0 Å². The third-order valence-electron chi connectivity index (χ3n) is 5.28. The highest BCUT2D eigenvalue weighted by Gasteiger charge is 2.28. The number of fused-ring (bicyclic) bond motifs is 2. The summed E-state index contributed by atoms with van der Waals surface area (Å²) >= 11 is 0. The van der Waals surface area contributed by atoms with Crippen molar-refractivity contribution in [2.75, 3.05) is 11.9 Å². The van der Waals surface area contributed by atoms with Gasteiger partial charge in [0.05, 0.1) is 17.4 Å². The number of nitrogens with one attached hydrogen (secondary N) is 2. The van der Waals surface area contributed by atoms with Gasteiger partial charge in [-0.2, -0.15) is 0 Å². The quantitative estimate of drug-likeness (QED) is 0.755. The van der Waals surface area contributed by atoms with Gasteiger partial charge in [-0.15, -0.1) is 0 Å². The highest BCUT2D eigenvalue weighted by atomic mass is 32.2. The molecule has 0 fully saturated rings. The van der Waals surface area contributed by atoms with Gasteiger partial charge in [0, 0.05) is 29.8 Å². The Bertz CT molecular complexity index is 1080. The minimum atomic E-state index is -3.76. The number of hydrogen-bond donors (Lipinski definition) is 2. The summed E-state index contributed by atoms with van der Waals surface area (Å²) in [6, 6.07) is 8.45. The average Bonchev–Trinajstić information content (AvgIpc) is 3.18. The lowest BCUT2D eigenvalue weighted by Gasteiger charge is -2.14. The van der Waals surface area contributed by atoms with Gasteiger partial charge in [0.1, 0.15) is 17.6 Å². The molecule has 0 spiro atoms. The molecule has 0 saturated heterocycles. The first-order chi connectivity index (χ1) is 13.8. The molecular weight excluding hydrogens is 392 g/mol. The van der Waals surface area contributed by atoms with Crippen LogP contribution in [0.2, 0.25) is 0 Å². The number of ether oxygens (including phenoxy) is 2. The second kappa shape index (κ2) is 7.35. The van der Waals surface area contributed by atoms with E-state index in [0.717, 1.165) is 23.3 Å². The van der Waals surface area contributed by atoms with E-state index < -0.39 is 10.0 Å². The first kappa shape index (κ1) is 19.7. The van der Waals surface area contributed by atoms with Crippen LogP contribution in [0.15, 0.2) is 35.2 Å². The average molecular weight is 416 g/mol. The third kappa shape index (κ3) is 3.70. The highest BCUT2D eigenvalue weighted by molar-refractivity contribution is 7.89. The normalized spacial score (nSPS) is 20.0. The summed E-state index contributed by atoms with van der Waals surface area (Å²) < 4.78 is 39.9. The SMILES string of the molecule is CCOc1cc2c(cc1CNS(=O)(=O)c1ccc3c(c1)[C@@H](C)C(=O)N3)O[C@@H](C)C2. The van der Waals surface area contributed by atoms with Crippen molar-refractivity contribution in [2.24, 2.45) is 0 Å². The van der Waals surface area contributed by atoms with Crippen LogP contribution in [0.25, 0.3) is 0 Å². The number of benzene rings is 2. The zero-order chi connectivity index (χ0) is 20.8. The molecule has 4 rings (SSSR count). The molecule has 154 valence electrons. The summed E-state index contributed by atoms with van der Waals surface area (Å²) in [5.41, 5.74) is 3.13. The van der Waals surface area contributed by atoms with E-state index in [1.165, 1.54) is 6.07 Å². The molecule has 2 aliphatic heterocycles. The molecule has 1 amide bonds. The van der Waals surface area contributed by atoms with Crippen molar-refractivity contribution in [1.82, 2.24) is 4.72 Å². The molecule has 0 saturated carbocycles. The van der Waals surface area contributed by atoms with Gasteiger partial charge in [-0.25, -0.2) is 13.1 Å². The van der Waals surface area contributed by atoms with Crippen molar-refractivity contribution in [3.63, 3.8) is 0 Å². The fourth-order valence-corrected chi connectivity index (χ4v) is 4.77. The van der Waals surface area contributed by atoms with Crippen LogP contribution in [0.5, 0.6) is 11.5 Å². The number of sulfonamides is 1. The molecule has 0 aliphatic carbocycles. The van der Waals surface area contributed by atoms with E-state index in [9.17, 15) is 13.2 Å². The van der Waals surface area contributed by atoms with Crippen LogP contribution in [0.1, 0.15) is 43.4 Å². The van der Waals surface area contributed by atoms with E-state index in [1.54, 1.807) is 19.1 Å². The largest absolute Gasteiger partial charge is 0.494 e. The molecule has 2 atom stereocenters. The Labute approximate surface area is 170 Å². The number of rotatable bonds is 6. The Morgan fingerprint density at radius 1 is 1.24 bits per heavy atom. The summed E-state index contributed by atoms with van der Waals surface area (Å²) in [5, 5.41) is 2.75. The molecule has 2 aromatic rings. The van der Waals surface area contributed by atoms with E-state index in [-0.39, 0.29) is 29.4 Å². The Hall–Kier alpha value is -2.58. The zero-order valence-electron chi connectivity index (χ0n) is 16.6. The molecule has 7 nitrogen and oxygen atoms in total. The fourth-order valence-electron chi connectivity index (χ4n) is 3.73. The molecule has 0 aromatic heterocycles. The lowest BCUT2D eigenvalue weighted by molar-refractivity contribution is -0.116. The van der Waals surface area contributed by atoms with Crippen molar-refractivity contribution in [3.05, 3.63) is 47.0 Å². The topological polar surface area (TPSA) is 93.7 Å². The molecule has 0 radical (unpaired) electrons. The predicted octanol–water partition coefficient (Wildman–Crippen LogP) is 2.94. The smallest absolute Gasteiger partial charge is 0.240 e. The van der Waals surface area contributed by atoms with Crippen LogP contribution in [-0.2, 0) is 27.8 Å². The minimum absolute atomic E-state index is 0.0759. The molecule has 0 bridgehead atoms. The van der Waals surface area contributed by atoms with Crippen molar-refractivity contribution in [1.29, 1.82) is 0 Å². The fraction of sp³-hybridized carbons (Fsp3) is 0.381. The number of amides is 1. The number of hydrogen-bond acceptors (Lipinski definition) is 5. The third-order valence-corrected chi connectivity index (χ3v) is 6.68. The molecule has 8 heteroatoms. The van der Waals surface area contributed by atoms with Gasteiger partial charge in [-0.1, -0.05) is 0 Å². The molecule has 2 aliphatic rings. The van der Waals surface area contributed by atoms with Crippen molar-refractivity contribution < 1.29 is 22.7 Å². The Morgan fingerprint density at radius 2 is 2.03 bits per heavy atom. The second-order valence-electron chi connectivity index (χ2n) is 7.42. The van der Waals surface area contributed by atoms with Gasteiger partial charge >= 0.3 is 0 Å². The molecular formula is C21H24N2O5S. The van der Waals surface area contributed by atoms with Crippen LogP contribution in [-0.4, -0.2) is 27.0 Å². The van der Waals surface area contributed by atoms with Gasteiger partial charge in [0.15, 0.2) is 0 Å². The summed E-state index contributed by atoms with van der Waals surface area (Å²) in [5.74, 6) is 0.923. The first-order valence-corrected chi connectivity index (χ1v) is 11.2. The minimum Gasteiger partial charge on any atom is -0.494 e. The maximum atomic E-state index is 12.9. The van der Waals surface area contributed by atoms with Gasteiger partial charge < -0.3 is 14.8 Å². The van der Waals surface area contributed by atoms with E-state index in [2.05, 4.69) is 10.0 Å². The van der Waals surface area contributed by atoms with Crippen molar-refractivity contribution in [3.8, 4) is 11.5 Å². The number of anilines is 1. The highest BCUT2D eigenvalue weighted by Crippen LogP contribution is 2.36. The summed E-state index contributed by atoms with van der Waals surface area (Å²) in [6.07, 6.45) is 0.901. The van der Waals surface area contributed by atoms with E-state index >= 15 is 0 Å². The maximum Gasteiger partial charge on any atom is 0.240 e. The standard InChI is InChI=1S/C21H24N2O5S/c1-4-27-19-8-14-7-12(2)28-20(14)9-15(19)11-22-29(25,26)16-5-6-18-17(10-16)13(3)21(24)23-18/h5-6,8-10,12-13,22H,4,7,11H2,1-3H3,(H,23,24)/t12-,13+/m0/s1. The van der Waals surface area contributed by atoms with E-state index in [4.69, 9.17) is 9.47 Å². The predicted molar refractivity (Wildman–Crippen MR) is 109 cm³/mol.